The van der Waals surface area contributed by atoms with Crippen molar-refractivity contribution in [2.24, 2.45) is 11.7 Å². The molecule has 0 saturated carbocycles. The Morgan fingerprint density at radius 2 is 1.83 bits per heavy atom. The maximum Gasteiger partial charge on any atom is 0.241 e. The van der Waals surface area contributed by atoms with Crippen molar-refractivity contribution in [2.75, 3.05) is 5.32 Å². The van der Waals surface area contributed by atoms with E-state index in [2.05, 4.69) is 24.3 Å². The van der Waals surface area contributed by atoms with Crippen LogP contribution in [-0.2, 0) is 4.79 Å². The van der Waals surface area contributed by atoms with Crippen molar-refractivity contribution >= 4 is 11.6 Å². The number of nitrogens with two attached hydrogens (primary N) is 1. The largest absolute Gasteiger partial charge is 0.322 e. The summed E-state index contributed by atoms with van der Waals surface area (Å²) in [5, 5.41) is 7.32. The van der Waals surface area contributed by atoms with Gasteiger partial charge >= 0.3 is 0 Å². The Balaban J connectivity index is 2.95. The van der Waals surface area contributed by atoms with Gasteiger partial charge in [-0.2, -0.15) is 5.10 Å². The number of aryl methyl sites for hydroxylation is 1. The highest BCUT2D eigenvalue weighted by atomic mass is 16.2. The molecule has 0 aromatic carbocycles. The first-order chi connectivity index (χ1) is 8.25. The summed E-state index contributed by atoms with van der Waals surface area (Å²) in [6.45, 7) is 11.8. The predicted octanol–water partition coefficient (Wildman–Crippen LogP) is 2.00. The molecule has 0 aliphatic carbocycles. The fourth-order valence-corrected chi connectivity index (χ4v) is 1.86. The summed E-state index contributed by atoms with van der Waals surface area (Å²) in [6, 6.07) is -0.223. The smallest absolute Gasteiger partial charge is 0.241 e. The molecule has 1 rings (SSSR count). The van der Waals surface area contributed by atoms with E-state index in [-0.39, 0.29) is 17.9 Å². The number of anilines is 1. The lowest BCUT2D eigenvalue weighted by Crippen LogP contribution is -2.40. The monoisotopic (exact) mass is 252 g/mol. The van der Waals surface area contributed by atoms with Crippen LogP contribution in [0.5, 0.6) is 0 Å². The Kier molecular flexibility index (Phi) is 4.51. The third kappa shape index (κ3) is 2.90. The van der Waals surface area contributed by atoms with E-state index in [0.29, 0.717) is 0 Å². The molecule has 18 heavy (non-hydrogen) atoms. The maximum absolute atomic E-state index is 12.0. The normalized spacial score (nSPS) is 13.2. The van der Waals surface area contributed by atoms with Gasteiger partial charge in [0.05, 0.1) is 23.1 Å². The van der Waals surface area contributed by atoms with E-state index in [1.54, 1.807) is 0 Å². The van der Waals surface area contributed by atoms with Crippen LogP contribution in [0, 0.1) is 19.8 Å². The average molecular weight is 252 g/mol. The topological polar surface area (TPSA) is 72.9 Å². The second kappa shape index (κ2) is 5.52. The van der Waals surface area contributed by atoms with Crippen molar-refractivity contribution in [3.8, 4) is 0 Å². The molecule has 0 bridgehead atoms. The molecular weight excluding hydrogens is 228 g/mol. The lowest BCUT2D eigenvalue weighted by atomic mass is 10.0. The molecule has 0 spiro atoms. The highest BCUT2D eigenvalue weighted by Crippen LogP contribution is 2.22. The van der Waals surface area contributed by atoms with Crippen LogP contribution < -0.4 is 11.1 Å². The molecule has 0 radical (unpaired) electrons. The summed E-state index contributed by atoms with van der Waals surface area (Å²) < 4.78 is 1.91. The summed E-state index contributed by atoms with van der Waals surface area (Å²) in [4.78, 5) is 12.0. The van der Waals surface area contributed by atoms with Crippen molar-refractivity contribution in [3.05, 3.63) is 11.4 Å². The van der Waals surface area contributed by atoms with E-state index < -0.39 is 6.04 Å². The van der Waals surface area contributed by atoms with Crippen molar-refractivity contribution < 1.29 is 4.79 Å². The zero-order chi connectivity index (χ0) is 14.0. The van der Waals surface area contributed by atoms with Gasteiger partial charge in [-0.25, -0.2) is 0 Å². The first-order valence-electron chi connectivity index (χ1n) is 6.37. The maximum atomic E-state index is 12.0. The summed E-state index contributed by atoms with van der Waals surface area (Å²) in [7, 11) is 0. The van der Waals surface area contributed by atoms with Crippen LogP contribution in [0.25, 0.3) is 0 Å². The highest BCUT2D eigenvalue weighted by Gasteiger charge is 2.21. The third-order valence-electron chi connectivity index (χ3n) is 3.08. The molecule has 0 saturated heterocycles. The van der Waals surface area contributed by atoms with E-state index >= 15 is 0 Å². The van der Waals surface area contributed by atoms with Gasteiger partial charge in [0.2, 0.25) is 5.91 Å². The lowest BCUT2D eigenvalue weighted by Gasteiger charge is -2.15. The number of rotatable bonds is 4. The minimum atomic E-state index is -0.494. The third-order valence-corrected chi connectivity index (χ3v) is 3.08. The number of carbonyl (C=O) groups excluding carboxylic acids is 1. The molecule has 1 aromatic rings. The minimum absolute atomic E-state index is 0.116. The average Bonchev–Trinajstić information content (AvgIpc) is 2.55. The van der Waals surface area contributed by atoms with Gasteiger partial charge in [-0.3, -0.25) is 9.48 Å². The van der Waals surface area contributed by atoms with Crippen LogP contribution in [0.15, 0.2) is 0 Å². The van der Waals surface area contributed by atoms with Crippen molar-refractivity contribution in [1.82, 2.24) is 9.78 Å². The number of amides is 1. The Labute approximate surface area is 109 Å². The zero-order valence-electron chi connectivity index (χ0n) is 12.1. The van der Waals surface area contributed by atoms with Crippen LogP contribution in [0.2, 0.25) is 0 Å². The second-order valence-corrected chi connectivity index (χ2v) is 5.34. The van der Waals surface area contributed by atoms with Gasteiger partial charge in [0, 0.05) is 6.04 Å². The molecule has 5 nitrogen and oxygen atoms in total. The van der Waals surface area contributed by atoms with E-state index in [9.17, 15) is 4.79 Å². The van der Waals surface area contributed by atoms with Gasteiger partial charge in [-0.05, 0) is 33.6 Å². The lowest BCUT2D eigenvalue weighted by molar-refractivity contribution is -0.118. The standard InChI is InChI=1S/C13H24N4O/c1-7(2)11(14)13(18)15-12-9(5)16-17(8(3)4)10(12)6/h7-8,11H,14H2,1-6H3,(H,15,18)/t11-/m1/s1. The van der Waals surface area contributed by atoms with E-state index in [1.165, 1.54) is 0 Å². The van der Waals surface area contributed by atoms with Gasteiger partial charge in [-0.1, -0.05) is 13.8 Å². The zero-order valence-corrected chi connectivity index (χ0v) is 12.1. The molecule has 1 heterocycles. The SMILES string of the molecule is Cc1nn(C(C)C)c(C)c1NC(=O)[C@H](N)C(C)C. The number of nitrogens with one attached hydrogen (secondary N) is 1. The molecule has 0 aliphatic heterocycles. The van der Waals surface area contributed by atoms with Gasteiger partial charge in [0.15, 0.2) is 0 Å². The highest BCUT2D eigenvalue weighted by molar-refractivity contribution is 5.95. The first-order valence-corrected chi connectivity index (χ1v) is 6.37. The molecule has 1 atom stereocenters. The minimum Gasteiger partial charge on any atom is -0.322 e. The Hall–Kier alpha value is -1.36. The number of carbonyl (C=O) groups is 1. The quantitative estimate of drug-likeness (QED) is 0.860. The fourth-order valence-electron chi connectivity index (χ4n) is 1.86. The van der Waals surface area contributed by atoms with Crippen molar-refractivity contribution in [3.63, 3.8) is 0 Å². The van der Waals surface area contributed by atoms with Crippen LogP contribution in [0.1, 0.15) is 45.1 Å². The summed E-state index contributed by atoms with van der Waals surface area (Å²) in [5.74, 6) is -0.0368. The summed E-state index contributed by atoms with van der Waals surface area (Å²) in [5.41, 5.74) is 8.41. The molecule has 0 unspecified atom stereocenters. The molecular formula is C13H24N4O. The van der Waals surface area contributed by atoms with Gasteiger partial charge in [0.25, 0.3) is 0 Å². The Bertz CT molecular complexity index is 434. The van der Waals surface area contributed by atoms with Crippen molar-refractivity contribution in [1.29, 1.82) is 0 Å². The van der Waals surface area contributed by atoms with Gasteiger partial charge < -0.3 is 11.1 Å². The fraction of sp³-hybridized carbons (Fsp3) is 0.692. The molecule has 5 heteroatoms. The number of hydrogen-bond donors (Lipinski definition) is 2. The van der Waals surface area contributed by atoms with Crippen LogP contribution in [0.4, 0.5) is 5.69 Å². The molecule has 0 aliphatic rings. The number of hydrogen-bond acceptors (Lipinski definition) is 3. The second-order valence-electron chi connectivity index (χ2n) is 5.34. The van der Waals surface area contributed by atoms with Gasteiger partial charge in [0.1, 0.15) is 0 Å². The molecule has 1 aromatic heterocycles. The summed E-state index contributed by atoms with van der Waals surface area (Å²) in [6.07, 6.45) is 0. The number of nitrogens with zero attached hydrogens (tertiary/aromatic N) is 2. The predicted molar refractivity (Wildman–Crippen MR) is 73.5 cm³/mol. The molecule has 102 valence electrons. The van der Waals surface area contributed by atoms with Gasteiger partial charge in [-0.15, -0.1) is 0 Å². The Morgan fingerprint density at radius 3 is 2.22 bits per heavy atom. The Morgan fingerprint density at radius 1 is 1.28 bits per heavy atom. The van der Waals surface area contributed by atoms with E-state index in [1.807, 2.05) is 32.4 Å². The van der Waals surface area contributed by atoms with Crippen LogP contribution in [0.3, 0.4) is 0 Å². The first kappa shape index (κ1) is 14.7. The molecule has 0 fully saturated rings. The van der Waals surface area contributed by atoms with Crippen LogP contribution in [-0.4, -0.2) is 21.7 Å². The number of aromatic nitrogens is 2. The summed E-state index contributed by atoms with van der Waals surface area (Å²) >= 11 is 0. The van der Waals surface area contributed by atoms with E-state index in [4.69, 9.17) is 5.73 Å². The van der Waals surface area contributed by atoms with Crippen molar-refractivity contribution in [2.45, 2.75) is 53.6 Å². The molecule has 3 N–H and O–H groups in total. The van der Waals surface area contributed by atoms with Crippen LogP contribution >= 0.6 is 0 Å². The van der Waals surface area contributed by atoms with E-state index in [0.717, 1.165) is 17.1 Å². The molecule has 1 amide bonds.